The summed E-state index contributed by atoms with van der Waals surface area (Å²) in [5, 5.41) is 27.0. The van der Waals surface area contributed by atoms with Gasteiger partial charge in [0.25, 0.3) is 0 Å². The molecule has 1 aliphatic rings. The van der Waals surface area contributed by atoms with E-state index in [1.807, 2.05) is 0 Å². The van der Waals surface area contributed by atoms with Crippen LogP contribution < -0.4 is 0 Å². The molecule has 1 aromatic heterocycles. The highest BCUT2D eigenvalue weighted by Crippen LogP contribution is 2.31. The van der Waals surface area contributed by atoms with Crippen molar-refractivity contribution in [1.29, 1.82) is 0 Å². The summed E-state index contributed by atoms with van der Waals surface area (Å²) in [7, 11) is 1.22. The Labute approximate surface area is 121 Å². The molecule has 2 N–H and O–H groups in total. The highest BCUT2D eigenvalue weighted by atomic mass is 16.5. The average molecular weight is 298 g/mol. The van der Waals surface area contributed by atoms with E-state index in [1.54, 1.807) is 13.8 Å². The summed E-state index contributed by atoms with van der Waals surface area (Å²) in [6.45, 7) is 3.26. The fraction of sp³-hybridized carbons (Fsp3) is 0.667. The van der Waals surface area contributed by atoms with Crippen LogP contribution in [0.5, 0.6) is 0 Å². The fourth-order valence-corrected chi connectivity index (χ4v) is 2.51. The van der Waals surface area contributed by atoms with Crippen LogP contribution in [0.1, 0.15) is 32.0 Å². The number of aliphatic hydroxyl groups is 1. The summed E-state index contributed by atoms with van der Waals surface area (Å²) >= 11 is 0. The zero-order valence-corrected chi connectivity index (χ0v) is 12.1. The van der Waals surface area contributed by atoms with Crippen LogP contribution in [0.3, 0.4) is 0 Å². The monoisotopic (exact) mass is 298 g/mol. The number of rotatable bonds is 3. The van der Waals surface area contributed by atoms with Gasteiger partial charge in [-0.1, -0.05) is 5.21 Å². The van der Waals surface area contributed by atoms with Crippen LogP contribution in [-0.4, -0.2) is 61.9 Å². The Morgan fingerprint density at radius 3 is 2.67 bits per heavy atom. The zero-order valence-electron chi connectivity index (χ0n) is 12.1. The average Bonchev–Trinajstić information content (AvgIpc) is 3.02. The summed E-state index contributed by atoms with van der Waals surface area (Å²) in [6.07, 6.45) is 0.458. The second-order valence-corrected chi connectivity index (χ2v) is 5.49. The first-order chi connectivity index (χ1) is 9.75. The Bertz CT molecular complexity index is 550. The van der Waals surface area contributed by atoms with E-state index in [1.165, 1.54) is 18.0 Å². The lowest BCUT2D eigenvalue weighted by Gasteiger charge is -2.21. The zero-order chi connectivity index (χ0) is 15.8. The molecule has 1 amide bonds. The van der Waals surface area contributed by atoms with Gasteiger partial charge in [0.1, 0.15) is 11.6 Å². The predicted octanol–water partition coefficient (Wildman–Crippen LogP) is -0.0281. The van der Waals surface area contributed by atoms with E-state index >= 15 is 0 Å². The van der Waals surface area contributed by atoms with Gasteiger partial charge in [0.05, 0.1) is 25.0 Å². The summed E-state index contributed by atoms with van der Waals surface area (Å²) in [5.41, 5.74) is -0.704. The number of esters is 1. The molecular formula is C12H18N4O5. The van der Waals surface area contributed by atoms with Crippen molar-refractivity contribution in [2.75, 3.05) is 13.7 Å². The molecule has 1 aromatic rings. The normalized spacial score (nSPS) is 22.4. The number of likely N-dealkylation sites (tertiary alicyclic amines) is 1. The Morgan fingerprint density at radius 2 is 2.14 bits per heavy atom. The molecule has 1 aliphatic heterocycles. The van der Waals surface area contributed by atoms with Crippen LogP contribution in [-0.2, 0) is 15.1 Å². The maximum absolute atomic E-state index is 11.7. The Kier molecular flexibility index (Phi) is 3.86. The molecule has 1 fully saturated rings. The van der Waals surface area contributed by atoms with E-state index in [-0.39, 0.29) is 19.0 Å². The summed E-state index contributed by atoms with van der Waals surface area (Å²) in [5.74, 6) is -0.607. The van der Waals surface area contributed by atoms with Crippen molar-refractivity contribution in [2.45, 2.75) is 38.0 Å². The van der Waals surface area contributed by atoms with E-state index in [0.717, 1.165) is 4.90 Å². The van der Waals surface area contributed by atoms with Gasteiger partial charge in [-0.05, 0) is 13.8 Å². The van der Waals surface area contributed by atoms with Gasteiger partial charge in [-0.15, -0.1) is 5.10 Å². The number of aromatic nitrogens is 3. The van der Waals surface area contributed by atoms with Gasteiger partial charge in [0.15, 0.2) is 0 Å². The van der Waals surface area contributed by atoms with Crippen molar-refractivity contribution in [3.8, 4) is 0 Å². The summed E-state index contributed by atoms with van der Waals surface area (Å²) in [4.78, 5) is 24.0. The van der Waals surface area contributed by atoms with Crippen LogP contribution in [0.25, 0.3) is 0 Å². The molecular weight excluding hydrogens is 280 g/mol. The number of ether oxygens (including phenoxy) is 1. The number of amides is 1. The van der Waals surface area contributed by atoms with Crippen molar-refractivity contribution in [2.24, 2.45) is 0 Å². The molecule has 0 radical (unpaired) electrons. The number of methoxy groups -OCH3 is 1. The quantitative estimate of drug-likeness (QED) is 0.752. The molecule has 9 heteroatoms. The first kappa shape index (κ1) is 15.2. The molecule has 2 atom stereocenters. The van der Waals surface area contributed by atoms with Gasteiger partial charge in [-0.2, -0.15) is 0 Å². The van der Waals surface area contributed by atoms with Gasteiger partial charge < -0.3 is 14.9 Å². The third-order valence-electron chi connectivity index (χ3n) is 3.55. The maximum atomic E-state index is 11.7. The van der Waals surface area contributed by atoms with Crippen LogP contribution in [0.2, 0.25) is 0 Å². The molecule has 2 rings (SSSR count). The molecule has 0 aliphatic carbocycles. The number of hydrogen-bond donors (Lipinski definition) is 2. The predicted molar refractivity (Wildman–Crippen MR) is 69.5 cm³/mol. The van der Waals surface area contributed by atoms with Crippen molar-refractivity contribution < 1.29 is 24.5 Å². The third kappa shape index (κ3) is 2.82. The minimum Gasteiger partial charge on any atom is -0.467 e. The van der Waals surface area contributed by atoms with Gasteiger partial charge in [-0.25, -0.2) is 14.3 Å². The van der Waals surface area contributed by atoms with Crippen LogP contribution in [0.15, 0.2) is 6.20 Å². The second kappa shape index (κ2) is 5.32. The molecule has 1 saturated heterocycles. The summed E-state index contributed by atoms with van der Waals surface area (Å²) < 4.78 is 6.11. The molecule has 0 saturated carbocycles. The van der Waals surface area contributed by atoms with Gasteiger partial charge >= 0.3 is 12.1 Å². The van der Waals surface area contributed by atoms with E-state index in [2.05, 4.69) is 15.0 Å². The third-order valence-corrected chi connectivity index (χ3v) is 3.55. The van der Waals surface area contributed by atoms with Gasteiger partial charge in [-0.3, -0.25) is 4.90 Å². The molecule has 0 spiro atoms. The minimum atomic E-state index is -1.20. The van der Waals surface area contributed by atoms with E-state index in [9.17, 15) is 19.8 Å². The Balaban J connectivity index is 2.30. The Morgan fingerprint density at radius 1 is 1.48 bits per heavy atom. The second-order valence-electron chi connectivity index (χ2n) is 5.49. The van der Waals surface area contributed by atoms with Crippen molar-refractivity contribution >= 4 is 12.1 Å². The molecule has 0 aromatic carbocycles. The standard InChI is InChI=1S/C12H18N4O5/c1-12(2,20)9-5-13-14-16(9)7-4-8(10(17)21-3)15(6-7)11(18)19/h5,7-8,20H,4,6H2,1-3H3,(H,18,19)/t7-,8-/m0/s1. The summed E-state index contributed by atoms with van der Waals surface area (Å²) in [6, 6.07) is -1.26. The highest BCUT2D eigenvalue weighted by molar-refractivity contribution is 5.81. The number of carbonyl (C=O) groups excluding carboxylic acids is 1. The first-order valence-corrected chi connectivity index (χ1v) is 6.46. The number of nitrogens with zero attached hydrogens (tertiary/aromatic N) is 4. The fourth-order valence-electron chi connectivity index (χ4n) is 2.51. The number of hydrogen-bond acceptors (Lipinski definition) is 6. The molecule has 2 heterocycles. The maximum Gasteiger partial charge on any atom is 0.408 e. The lowest BCUT2D eigenvalue weighted by Crippen LogP contribution is -2.40. The topological polar surface area (TPSA) is 118 Å². The van der Waals surface area contributed by atoms with Crippen molar-refractivity contribution in [3.63, 3.8) is 0 Å². The first-order valence-electron chi connectivity index (χ1n) is 6.46. The van der Waals surface area contributed by atoms with Crippen LogP contribution in [0.4, 0.5) is 4.79 Å². The largest absolute Gasteiger partial charge is 0.467 e. The SMILES string of the molecule is COC(=O)[C@@H]1C[C@H](n2nncc2C(C)(C)O)CN1C(=O)O. The van der Waals surface area contributed by atoms with E-state index in [4.69, 9.17) is 0 Å². The molecule has 0 unspecified atom stereocenters. The lowest BCUT2D eigenvalue weighted by atomic mass is 10.1. The Hall–Kier alpha value is -2.16. The van der Waals surface area contributed by atoms with Crippen LogP contribution in [0, 0.1) is 0 Å². The lowest BCUT2D eigenvalue weighted by molar-refractivity contribution is -0.145. The number of carbonyl (C=O) groups is 2. The number of carboxylic acid groups (broad SMARTS) is 1. The molecule has 21 heavy (non-hydrogen) atoms. The smallest absolute Gasteiger partial charge is 0.408 e. The van der Waals surface area contributed by atoms with Crippen LogP contribution >= 0.6 is 0 Å². The van der Waals surface area contributed by atoms with Gasteiger partial charge in [0.2, 0.25) is 0 Å². The molecule has 9 nitrogen and oxygen atoms in total. The van der Waals surface area contributed by atoms with E-state index in [0.29, 0.717) is 5.69 Å². The van der Waals surface area contributed by atoms with Crippen molar-refractivity contribution in [1.82, 2.24) is 19.9 Å². The molecule has 0 bridgehead atoms. The van der Waals surface area contributed by atoms with Crippen molar-refractivity contribution in [3.05, 3.63) is 11.9 Å². The minimum absolute atomic E-state index is 0.0849. The highest BCUT2D eigenvalue weighted by Gasteiger charge is 2.43. The van der Waals surface area contributed by atoms with Gasteiger partial charge in [0, 0.05) is 13.0 Å². The molecule has 116 valence electrons. The van der Waals surface area contributed by atoms with E-state index < -0.39 is 23.7 Å².